The fraction of sp³-hybridized carbons (Fsp3) is 0.885. The van der Waals surface area contributed by atoms with Crippen LogP contribution in [0.1, 0.15) is 283 Å². The molecule has 0 aromatic carbocycles. The Bertz CT molecular complexity index is 4880. The van der Waals surface area contributed by atoms with Crippen molar-refractivity contribution in [2.75, 3.05) is 26.1 Å². The monoisotopic (exact) mass is 2020 g/mol. The Morgan fingerprint density at radius 2 is 0.762 bits per heavy atom. The van der Waals surface area contributed by atoms with Crippen molar-refractivity contribution in [3.05, 3.63) is 0 Å². The first-order valence-corrected chi connectivity index (χ1v) is 57.1. The number of fused-ring (bicyclic) bond motifs is 22. The molecular weight excluding hydrogens is 1850 g/mol. The van der Waals surface area contributed by atoms with Gasteiger partial charge >= 0.3 is 71.6 Å². The Hall–Kier alpha value is -6.98. The number of amides is 1. The van der Waals surface area contributed by atoms with E-state index in [1.54, 1.807) is 6.92 Å². The average Bonchev–Trinajstić information content (AvgIpc) is 1.53. The summed E-state index contributed by atoms with van der Waals surface area (Å²) in [5.74, 6) is 10.2. The number of hydrogen-bond acceptors (Lipinski definition) is 26. The number of carbonyl (C=O) groups is 13. The van der Waals surface area contributed by atoms with Gasteiger partial charge in [0.2, 0.25) is 28.1 Å². The van der Waals surface area contributed by atoms with Gasteiger partial charge < -0.3 is 62.3 Å². The van der Waals surface area contributed by atoms with E-state index in [-0.39, 0.29) is 131 Å². The first kappa shape index (κ1) is 110. The van der Waals surface area contributed by atoms with Crippen molar-refractivity contribution in [2.45, 2.75) is 331 Å². The molecule has 21 aliphatic rings. The maximum Gasteiger partial charge on any atom is 0.348 e. The lowest BCUT2D eigenvalue weighted by Gasteiger charge is -2.43. The van der Waals surface area contributed by atoms with Crippen LogP contribution in [-0.4, -0.2) is 170 Å². The maximum absolute atomic E-state index is 12.8. The number of carboxylic acid groups (broad SMARTS) is 2. The minimum atomic E-state index is -3.41. The predicted molar refractivity (Wildman–Crippen MR) is 524 cm³/mol. The van der Waals surface area contributed by atoms with Gasteiger partial charge in [0.1, 0.15) is 35.6 Å². The van der Waals surface area contributed by atoms with Crippen molar-refractivity contribution in [1.29, 1.82) is 0 Å². The number of esters is 10. The summed E-state index contributed by atoms with van der Waals surface area (Å²) in [7, 11) is -3.41. The summed E-state index contributed by atoms with van der Waals surface area (Å²) in [6.07, 6.45) is 13.4. The largest absolute Gasteiger partial charge is 0.481 e. The van der Waals surface area contributed by atoms with Crippen LogP contribution in [0.5, 0.6) is 0 Å². The van der Waals surface area contributed by atoms with Gasteiger partial charge in [-0.1, -0.05) is 111 Å². The van der Waals surface area contributed by atoms with Gasteiger partial charge in [-0.05, 0) is 355 Å². The highest BCUT2D eigenvalue weighted by molar-refractivity contribution is 7.89. The minimum Gasteiger partial charge on any atom is -0.481 e. The highest BCUT2D eigenvalue weighted by atomic mass is 32.2. The van der Waals surface area contributed by atoms with E-state index >= 15 is 0 Å². The van der Waals surface area contributed by atoms with E-state index < -0.39 is 116 Å². The quantitative estimate of drug-likeness (QED) is 0.0527. The molecule has 18 aliphatic carbocycles. The first-order valence-electron chi connectivity index (χ1n) is 55.2. The SMILES string of the molecule is CC1C(C)C2CC1C(C(=O)O)C2C(=O)OC(C)(C)C.CC1C(C)C2CC1C(C(=O)OC1CCOC1=O)C2C(=O)OC(C)(C)C.CC1C(C)C2CC1C1C3CC(C(=O)OC(C)(C)C)C(C3)C21.CC1C2CC(C(=O)NS(C)(=O)=O)C(C2)C1C.CC1C2CC(C(=O)OC3C(=O)OCC3(C)C)C(C2)C1C.CC1C2CC(C(=O)OC3C4CC5C(=O)OC3C5C4)C(C2)C1C.CCOC(C)OC(=O)C1C2CC(C(C)C2C)C1C(=O)O. The first-order chi connectivity index (χ1) is 66.5. The van der Waals surface area contributed by atoms with Crippen molar-refractivity contribution in [2.24, 2.45) is 272 Å². The number of rotatable bonds is 17. The number of ether oxygens (including phenoxy) is 11. The van der Waals surface area contributed by atoms with Crippen LogP contribution in [0.25, 0.3) is 0 Å². The Morgan fingerprint density at radius 1 is 0.392 bits per heavy atom. The molecule has 50 atom stereocenters. The maximum atomic E-state index is 12.8. The molecule has 30 heteroatoms. The van der Waals surface area contributed by atoms with Crippen molar-refractivity contribution in [3.63, 3.8) is 0 Å². The van der Waals surface area contributed by atoms with Crippen LogP contribution in [0.3, 0.4) is 0 Å². The molecule has 18 bridgehead atoms. The summed E-state index contributed by atoms with van der Waals surface area (Å²) in [6.45, 7) is 56.5. The molecule has 21 rings (SSSR count). The number of nitrogens with one attached hydrogen (secondary N) is 1. The zero-order valence-electron chi connectivity index (χ0n) is 90.5. The van der Waals surface area contributed by atoms with E-state index in [1.807, 2.05) is 83.1 Å². The fourth-order valence-electron chi connectivity index (χ4n) is 34.2. The number of sulfonamides is 1. The number of carboxylic acids is 2. The summed E-state index contributed by atoms with van der Waals surface area (Å²) in [5.41, 5.74) is -1.91. The van der Waals surface area contributed by atoms with Crippen LogP contribution in [0.4, 0.5) is 0 Å². The number of carbonyl (C=O) groups excluding carboxylic acids is 11. The van der Waals surface area contributed by atoms with Gasteiger partial charge in [0.05, 0.1) is 72.0 Å². The highest BCUT2D eigenvalue weighted by Gasteiger charge is 2.70. The normalized spacial score (nSPS) is 46.0. The van der Waals surface area contributed by atoms with Gasteiger partial charge in [0.25, 0.3) is 0 Å². The molecule has 3 N–H and O–H groups in total. The molecule has 0 aromatic rings. The Balaban J connectivity index is 0.000000126. The number of hydrogen-bond donors (Lipinski definition) is 3. The average molecular weight is 2030 g/mol. The van der Waals surface area contributed by atoms with E-state index in [1.165, 1.54) is 19.3 Å². The van der Waals surface area contributed by atoms with E-state index in [4.69, 9.17) is 52.1 Å². The standard InChI is InChI=1S/C19H28O6.C19H30O2.C18H24O4.C16H24O4.C15H24O5.C15H24O4.C11H19NO3S/c1-9-10(2)12-8-11(9)14(15(12)18(22)25-19(3,4)5)17(21)24-13-6-7-23-16(13)20;1-9-10(2)13-8-12(9)16-11-6-14(17(13)16)15(7-11)18(20)21-19(3,4)5;1-7-8(2)11-3-9(7)4-13(11)17(19)21-15-10-5-12-14(6-10)18(20)22-16(12)15;1-8-9(2)11-5-10(8)6-12(11)14(17)20-13-15(18)19-7-16(13,3)4;1-5-19-9(4)20-15(18)13-11-6-10(7(2)8(11)3)12(13)14(16)17;1-7-8(2)10-6-9(7)11(13(16)17)12(10)14(18)19-15(3,4)5;1-6-7(2)9-4-8(6)5-10(9)11(13)12-16(3,14)15/h9-15H,6-8H2,1-5H3;9-17H,6-8H2,1-5H3;7-16H,3-6H2,1-2H3;8-13H,5-7H2,1-4H3;7-13H,5-6H2,1-4H3,(H,16,17);7-12H,6H2,1-5H3,(H,16,17);6-10H,4-5H2,1-3H3,(H,12,13). The molecule has 0 radical (unpaired) electrons. The Morgan fingerprint density at radius 3 is 1.17 bits per heavy atom. The van der Waals surface area contributed by atoms with Gasteiger partial charge in [0.15, 0.2) is 6.29 Å². The molecule has 3 saturated heterocycles. The predicted octanol–water partition coefficient (Wildman–Crippen LogP) is 17.0. The number of aliphatic carboxylic acids is 2. The van der Waals surface area contributed by atoms with Crippen molar-refractivity contribution in [1.82, 2.24) is 4.72 Å². The van der Waals surface area contributed by atoms with Gasteiger partial charge in [-0.2, -0.15) is 0 Å². The smallest absolute Gasteiger partial charge is 0.348 e. The minimum absolute atomic E-state index is 0.0108. The van der Waals surface area contributed by atoms with Crippen molar-refractivity contribution < 1.29 is 133 Å². The van der Waals surface area contributed by atoms with Crippen LogP contribution in [0, 0.1) is 272 Å². The molecule has 29 nitrogen and oxygen atoms in total. The molecular formula is C113H173NO28S. The molecule has 1 amide bonds. The zero-order valence-corrected chi connectivity index (χ0v) is 91.3. The van der Waals surface area contributed by atoms with E-state index in [0.29, 0.717) is 138 Å². The lowest BCUT2D eigenvalue weighted by Crippen LogP contribution is -2.44. The van der Waals surface area contributed by atoms with Crippen LogP contribution >= 0.6 is 0 Å². The molecule has 3 heterocycles. The zero-order chi connectivity index (χ0) is 105. The molecule has 3 aliphatic heterocycles. The van der Waals surface area contributed by atoms with E-state index in [2.05, 4.69) is 102 Å². The molecule has 0 aromatic heterocycles. The number of cyclic esters (lactones) is 2. The van der Waals surface area contributed by atoms with Crippen LogP contribution in [0.15, 0.2) is 0 Å². The second-order valence-electron chi connectivity index (χ2n) is 53.2. The van der Waals surface area contributed by atoms with Gasteiger partial charge in [0, 0.05) is 36.2 Å². The van der Waals surface area contributed by atoms with Gasteiger partial charge in [-0.15, -0.1) is 0 Å². The molecule has 50 unspecified atom stereocenters. The molecule has 804 valence electrons. The Kier molecular flexibility index (Phi) is 31.9. The van der Waals surface area contributed by atoms with Crippen LogP contribution < -0.4 is 4.72 Å². The summed E-state index contributed by atoms with van der Waals surface area (Å²) in [6, 6.07) is 0. The summed E-state index contributed by atoms with van der Waals surface area (Å²) in [4.78, 5) is 158. The lowest BCUT2D eigenvalue weighted by molar-refractivity contribution is -0.186. The summed E-state index contributed by atoms with van der Waals surface area (Å²) < 4.78 is 83.7. The molecule has 18 saturated carbocycles. The third kappa shape index (κ3) is 21.4. The third-order valence-corrected chi connectivity index (χ3v) is 42.9. The summed E-state index contributed by atoms with van der Waals surface area (Å²) in [5, 5.41) is 18.9. The second-order valence-corrected chi connectivity index (χ2v) is 54.9. The molecule has 0 spiro atoms. The van der Waals surface area contributed by atoms with Crippen LogP contribution in [0.2, 0.25) is 0 Å². The van der Waals surface area contributed by atoms with Crippen molar-refractivity contribution >= 4 is 87.6 Å². The highest BCUT2D eigenvalue weighted by Crippen LogP contribution is 2.72. The third-order valence-electron chi connectivity index (χ3n) is 42.3. The molecule has 21 fully saturated rings. The Labute approximate surface area is 849 Å². The lowest BCUT2D eigenvalue weighted by atomic mass is 9.62. The van der Waals surface area contributed by atoms with Gasteiger partial charge in [-0.3, -0.25) is 57.5 Å². The van der Waals surface area contributed by atoms with E-state index in [0.717, 1.165) is 124 Å². The molecule has 143 heavy (non-hydrogen) atoms. The van der Waals surface area contributed by atoms with E-state index in [9.17, 15) is 81.0 Å². The van der Waals surface area contributed by atoms with Gasteiger partial charge in [-0.25, -0.2) is 18.0 Å². The second kappa shape index (κ2) is 41.4. The van der Waals surface area contributed by atoms with Crippen molar-refractivity contribution in [3.8, 4) is 0 Å². The van der Waals surface area contributed by atoms with Crippen LogP contribution in [-0.2, 0) is 124 Å². The fourth-order valence-corrected chi connectivity index (χ4v) is 34.8. The summed E-state index contributed by atoms with van der Waals surface area (Å²) >= 11 is 0. The topological polar surface area (TPSA) is 410 Å².